The maximum atomic E-state index is 5.38. The van der Waals surface area contributed by atoms with Gasteiger partial charge in [-0.3, -0.25) is 0 Å². The molecular formula is C56H37N3. The second-order valence-electron chi connectivity index (χ2n) is 15.1. The van der Waals surface area contributed by atoms with E-state index < -0.39 is 5.41 Å². The van der Waals surface area contributed by atoms with Gasteiger partial charge in [-0.1, -0.05) is 224 Å². The first-order valence-corrected chi connectivity index (χ1v) is 20.1. The van der Waals surface area contributed by atoms with Crippen molar-refractivity contribution in [3.8, 4) is 67.5 Å². The number of rotatable bonds is 7. The second kappa shape index (κ2) is 14.3. The van der Waals surface area contributed by atoms with E-state index in [1.165, 1.54) is 38.9 Å². The van der Waals surface area contributed by atoms with Crippen LogP contribution in [0.25, 0.3) is 78.3 Å². The van der Waals surface area contributed by atoms with Crippen molar-refractivity contribution in [2.24, 2.45) is 0 Å². The summed E-state index contributed by atoms with van der Waals surface area (Å²) in [6.45, 7) is 0. The minimum Gasteiger partial charge on any atom is -0.208 e. The van der Waals surface area contributed by atoms with Crippen molar-refractivity contribution in [1.82, 2.24) is 15.0 Å². The van der Waals surface area contributed by atoms with Crippen molar-refractivity contribution in [1.29, 1.82) is 0 Å². The lowest BCUT2D eigenvalue weighted by molar-refractivity contribution is 0.768. The Kier molecular flexibility index (Phi) is 8.37. The molecule has 0 radical (unpaired) electrons. The Morgan fingerprint density at radius 1 is 0.271 bits per heavy atom. The summed E-state index contributed by atoms with van der Waals surface area (Å²) in [7, 11) is 0. The Morgan fingerprint density at radius 3 is 1.41 bits per heavy atom. The van der Waals surface area contributed by atoms with Crippen molar-refractivity contribution in [2.45, 2.75) is 5.41 Å². The van der Waals surface area contributed by atoms with Crippen LogP contribution in [0.3, 0.4) is 0 Å². The van der Waals surface area contributed by atoms with Crippen LogP contribution in [0.4, 0.5) is 0 Å². The van der Waals surface area contributed by atoms with Gasteiger partial charge in [0.15, 0.2) is 17.5 Å². The van der Waals surface area contributed by atoms with Gasteiger partial charge < -0.3 is 0 Å². The summed E-state index contributed by atoms with van der Waals surface area (Å²) in [6.07, 6.45) is 0. The fraction of sp³-hybridized carbons (Fsp3) is 0.0179. The zero-order valence-corrected chi connectivity index (χ0v) is 32.2. The van der Waals surface area contributed by atoms with Gasteiger partial charge in [-0.05, 0) is 66.4 Å². The molecule has 0 saturated carbocycles. The highest BCUT2D eigenvalue weighted by atomic mass is 15.0. The van der Waals surface area contributed by atoms with Crippen LogP contribution in [0.1, 0.15) is 22.3 Å². The number of hydrogen-bond donors (Lipinski definition) is 0. The molecule has 1 heterocycles. The number of hydrogen-bond acceptors (Lipinski definition) is 3. The average molecular weight is 752 g/mol. The fourth-order valence-electron chi connectivity index (χ4n) is 9.23. The Labute approximate surface area is 344 Å². The Balaban J connectivity index is 1.19. The smallest absolute Gasteiger partial charge is 0.165 e. The molecule has 1 aromatic heterocycles. The molecule has 10 aromatic rings. The number of fused-ring (bicyclic) bond motifs is 4. The van der Waals surface area contributed by atoms with Crippen molar-refractivity contribution < 1.29 is 0 Å². The minimum absolute atomic E-state index is 0.520. The largest absolute Gasteiger partial charge is 0.208 e. The van der Waals surface area contributed by atoms with Crippen LogP contribution in [-0.4, -0.2) is 15.0 Å². The zero-order chi connectivity index (χ0) is 39.2. The Bertz CT molecular complexity index is 3080. The molecule has 0 atom stereocenters. The lowest BCUT2D eigenvalue weighted by Gasteiger charge is -2.34. The highest BCUT2D eigenvalue weighted by Crippen LogP contribution is 2.58. The quantitative estimate of drug-likeness (QED) is 0.163. The maximum absolute atomic E-state index is 5.38. The summed E-state index contributed by atoms with van der Waals surface area (Å²) in [4.78, 5) is 15.9. The molecule has 0 amide bonds. The Morgan fingerprint density at radius 2 is 0.729 bits per heavy atom. The van der Waals surface area contributed by atoms with Crippen LogP contribution < -0.4 is 0 Å². The third kappa shape index (κ3) is 5.70. The van der Waals surface area contributed by atoms with Crippen LogP contribution in [0, 0.1) is 0 Å². The van der Waals surface area contributed by atoms with E-state index in [0.717, 1.165) is 44.2 Å². The molecule has 0 spiro atoms. The molecule has 11 rings (SSSR count). The normalized spacial score (nSPS) is 12.5. The third-order valence-electron chi connectivity index (χ3n) is 11.8. The molecule has 9 aromatic carbocycles. The van der Waals surface area contributed by atoms with Gasteiger partial charge in [0.25, 0.3) is 0 Å². The molecular weight excluding hydrogens is 715 g/mol. The Hall–Kier alpha value is -7.75. The second-order valence-corrected chi connectivity index (χ2v) is 15.1. The molecule has 0 saturated heterocycles. The summed E-state index contributed by atoms with van der Waals surface area (Å²) < 4.78 is 0. The van der Waals surface area contributed by atoms with Crippen molar-refractivity contribution in [2.75, 3.05) is 0 Å². The van der Waals surface area contributed by atoms with Gasteiger partial charge in [-0.25, -0.2) is 15.0 Å². The summed E-state index contributed by atoms with van der Waals surface area (Å²) in [5.74, 6) is 1.89. The number of aromatic nitrogens is 3. The number of benzene rings is 9. The van der Waals surface area contributed by atoms with E-state index in [2.05, 4.69) is 200 Å². The van der Waals surface area contributed by atoms with E-state index in [1.807, 2.05) is 24.3 Å². The summed E-state index contributed by atoms with van der Waals surface area (Å²) in [5.41, 5.74) is 14.3. The van der Waals surface area contributed by atoms with E-state index in [4.69, 9.17) is 15.0 Å². The molecule has 1 aliphatic carbocycles. The molecule has 3 nitrogen and oxygen atoms in total. The zero-order valence-electron chi connectivity index (χ0n) is 32.2. The van der Waals surface area contributed by atoms with Crippen molar-refractivity contribution >= 4 is 10.8 Å². The molecule has 0 N–H and O–H groups in total. The number of nitrogens with zero attached hydrogens (tertiary/aromatic N) is 3. The van der Waals surface area contributed by atoms with E-state index in [1.54, 1.807) is 0 Å². The van der Waals surface area contributed by atoms with Crippen LogP contribution in [0.15, 0.2) is 224 Å². The van der Waals surface area contributed by atoms with Crippen molar-refractivity contribution in [3.05, 3.63) is 247 Å². The van der Waals surface area contributed by atoms with Gasteiger partial charge >= 0.3 is 0 Å². The van der Waals surface area contributed by atoms with E-state index in [-0.39, 0.29) is 0 Å². The standard InChI is InChI=1S/C56H37N3/c1-5-18-38(19-6-1)39-32-34-42(35-33-39)54-57-53(41-21-7-2-8-22-41)58-55(59-54)52-45-27-14-13-20-40(45)36-37-47(52)46-29-17-31-50-51(46)48-28-15-16-30-49(48)56(50,43-23-9-3-10-24-43)44-25-11-4-12-26-44/h1-37H. The first-order chi connectivity index (χ1) is 29.3. The maximum Gasteiger partial charge on any atom is 0.165 e. The van der Waals surface area contributed by atoms with E-state index in [9.17, 15) is 0 Å². The molecule has 1 aliphatic rings. The van der Waals surface area contributed by atoms with Crippen LogP contribution in [0.5, 0.6) is 0 Å². The lowest BCUT2D eigenvalue weighted by Crippen LogP contribution is -2.28. The van der Waals surface area contributed by atoms with Gasteiger partial charge in [0.2, 0.25) is 0 Å². The van der Waals surface area contributed by atoms with Gasteiger partial charge in [0, 0.05) is 16.7 Å². The average Bonchev–Trinajstić information content (AvgIpc) is 3.63. The SMILES string of the molecule is c1ccc(-c2ccc(-c3nc(-c4ccccc4)nc(-c4c(-c5cccc6c5-c5ccccc5C6(c5ccccc5)c5ccccc5)ccc5ccccc45)n3)cc2)cc1. The third-order valence-corrected chi connectivity index (χ3v) is 11.8. The molecule has 276 valence electrons. The van der Waals surface area contributed by atoms with E-state index in [0.29, 0.717) is 17.5 Å². The highest BCUT2D eigenvalue weighted by Gasteiger charge is 2.46. The van der Waals surface area contributed by atoms with Crippen LogP contribution in [0.2, 0.25) is 0 Å². The van der Waals surface area contributed by atoms with Crippen molar-refractivity contribution in [3.63, 3.8) is 0 Å². The summed E-state index contributed by atoms with van der Waals surface area (Å²) >= 11 is 0. The van der Waals surface area contributed by atoms with Gasteiger partial charge in [0.1, 0.15) is 0 Å². The molecule has 0 fully saturated rings. The first kappa shape index (κ1) is 34.5. The predicted molar refractivity (Wildman–Crippen MR) is 242 cm³/mol. The summed E-state index contributed by atoms with van der Waals surface area (Å²) in [5, 5.41) is 2.21. The van der Waals surface area contributed by atoms with Crippen LogP contribution in [-0.2, 0) is 5.41 Å². The van der Waals surface area contributed by atoms with E-state index >= 15 is 0 Å². The summed E-state index contributed by atoms with van der Waals surface area (Å²) in [6, 6.07) is 80.0. The predicted octanol–water partition coefficient (Wildman–Crippen LogP) is 13.7. The molecule has 59 heavy (non-hydrogen) atoms. The lowest BCUT2D eigenvalue weighted by atomic mass is 9.67. The van der Waals surface area contributed by atoms with Gasteiger partial charge in [-0.15, -0.1) is 0 Å². The molecule has 0 bridgehead atoms. The topological polar surface area (TPSA) is 38.7 Å². The molecule has 0 unspecified atom stereocenters. The van der Waals surface area contributed by atoms with Gasteiger partial charge in [0.05, 0.1) is 5.41 Å². The highest BCUT2D eigenvalue weighted by molar-refractivity contribution is 6.06. The monoisotopic (exact) mass is 751 g/mol. The first-order valence-electron chi connectivity index (χ1n) is 20.1. The van der Waals surface area contributed by atoms with Gasteiger partial charge in [-0.2, -0.15) is 0 Å². The van der Waals surface area contributed by atoms with Crippen LogP contribution >= 0.6 is 0 Å². The minimum atomic E-state index is -0.520. The molecule has 0 aliphatic heterocycles. The molecule has 3 heteroatoms. The fourth-order valence-corrected chi connectivity index (χ4v) is 9.23.